The van der Waals surface area contributed by atoms with E-state index in [2.05, 4.69) is 32.7 Å². The Labute approximate surface area is 313 Å². The third kappa shape index (κ3) is 12.5. The second-order valence-electron chi connectivity index (χ2n) is 13.6. The molecule has 1 amide bonds. The highest BCUT2D eigenvalue weighted by atomic mass is 32.2. The van der Waals surface area contributed by atoms with Crippen molar-refractivity contribution in [2.24, 2.45) is 17.3 Å². The van der Waals surface area contributed by atoms with E-state index >= 15 is 0 Å². The van der Waals surface area contributed by atoms with Crippen LogP contribution in [0.2, 0.25) is 0 Å². The van der Waals surface area contributed by atoms with Crippen LogP contribution in [0.3, 0.4) is 0 Å². The van der Waals surface area contributed by atoms with E-state index in [0.29, 0.717) is 23.6 Å². The van der Waals surface area contributed by atoms with Crippen LogP contribution in [0.15, 0.2) is 68.4 Å². The zero-order chi connectivity index (χ0) is 38.2. The minimum absolute atomic E-state index is 0.00178. The van der Waals surface area contributed by atoms with Crippen molar-refractivity contribution in [2.75, 3.05) is 5.32 Å². The molecule has 0 aliphatic heterocycles. The summed E-state index contributed by atoms with van der Waals surface area (Å²) < 4.78 is 43.3. The Kier molecular flexibility index (Phi) is 16.0. The van der Waals surface area contributed by atoms with Crippen LogP contribution < -0.4 is 15.6 Å². The Balaban J connectivity index is 1.40. The number of aromatic nitrogens is 4. The van der Waals surface area contributed by atoms with E-state index in [-0.39, 0.29) is 35.3 Å². The number of amides is 1. The van der Waals surface area contributed by atoms with Crippen LogP contribution in [0.25, 0.3) is 5.69 Å². The summed E-state index contributed by atoms with van der Waals surface area (Å²) in [5, 5.41) is 18.5. The van der Waals surface area contributed by atoms with Crippen molar-refractivity contribution in [2.45, 2.75) is 128 Å². The second kappa shape index (κ2) is 20.6. The van der Waals surface area contributed by atoms with Crippen LogP contribution in [0.4, 0.5) is 17.2 Å². The number of benzene rings is 2. The van der Waals surface area contributed by atoms with Crippen molar-refractivity contribution in [3.05, 3.63) is 70.3 Å². The molecular formula is C39H55N7O6S. The number of nitrogens with zero attached hydrogens (tertiary/aromatic N) is 5. The Hall–Kier alpha value is -4.56. The van der Waals surface area contributed by atoms with Crippen LogP contribution in [-0.2, 0) is 22.0 Å². The van der Waals surface area contributed by atoms with Gasteiger partial charge in [0.1, 0.15) is 22.1 Å². The van der Waals surface area contributed by atoms with E-state index in [1.165, 1.54) is 82.8 Å². The normalized spacial score (nSPS) is 11.8. The Morgan fingerprint density at radius 2 is 1.42 bits per heavy atom. The molecule has 2 aromatic heterocycles. The third-order valence-electron chi connectivity index (χ3n) is 9.29. The van der Waals surface area contributed by atoms with Crippen LogP contribution in [0.1, 0.15) is 121 Å². The van der Waals surface area contributed by atoms with Crippen molar-refractivity contribution in [3.63, 3.8) is 0 Å². The van der Waals surface area contributed by atoms with Gasteiger partial charge in [-0.1, -0.05) is 115 Å². The van der Waals surface area contributed by atoms with Gasteiger partial charge in [0.25, 0.3) is 10.1 Å². The molecule has 2 heterocycles. The summed E-state index contributed by atoms with van der Waals surface area (Å²) in [7, 11) is -3.01. The summed E-state index contributed by atoms with van der Waals surface area (Å²) in [5.41, 5.74) is 0.980. The minimum atomic E-state index is -4.78. The summed E-state index contributed by atoms with van der Waals surface area (Å²) in [5.74, 6) is -0.0862. The summed E-state index contributed by atoms with van der Waals surface area (Å²) in [6, 6.07) is 12.4. The Bertz CT molecular complexity index is 1970. The van der Waals surface area contributed by atoms with Gasteiger partial charge in [-0.3, -0.25) is 23.9 Å². The quantitative estimate of drug-likeness (QED) is 0.0384. The van der Waals surface area contributed by atoms with Crippen molar-refractivity contribution in [3.8, 4) is 17.2 Å². The van der Waals surface area contributed by atoms with E-state index in [4.69, 9.17) is 4.74 Å². The highest BCUT2D eigenvalue weighted by molar-refractivity contribution is 7.86. The average molecular weight is 750 g/mol. The second-order valence-corrected chi connectivity index (χ2v) is 15.0. The molecule has 0 saturated heterocycles. The number of H-pyrrole nitrogens is 1. The number of anilines is 1. The largest absolute Gasteiger partial charge is 0.456 e. The number of ether oxygens (including phenoxy) is 1. The fourth-order valence-electron chi connectivity index (χ4n) is 6.19. The topological polar surface area (TPSA) is 173 Å². The lowest BCUT2D eigenvalue weighted by Crippen LogP contribution is -2.15. The molecular weight excluding hydrogens is 695 g/mol. The molecule has 0 aliphatic carbocycles. The maximum atomic E-state index is 13.8. The van der Waals surface area contributed by atoms with Gasteiger partial charge in [-0.15, -0.1) is 10.2 Å². The minimum Gasteiger partial charge on any atom is -0.456 e. The first-order valence-corrected chi connectivity index (χ1v) is 20.3. The number of carbonyl (C=O) groups excluding carboxylic acids is 1. The predicted octanol–water partition coefficient (Wildman–Crippen LogP) is 10.2. The summed E-state index contributed by atoms with van der Waals surface area (Å²) in [6.07, 6.45) is 18.6. The summed E-state index contributed by atoms with van der Waals surface area (Å²) in [6.45, 7) is 5.84. The standard InChI is InChI=1S/C39H55N7O6S/c1-5-6-7-8-9-10-11-12-13-14-15-16-17-18-22-25-35(47)40-38-37(42-41-36-29(2)43-45(4)30(36)3)39(48)46(44-38)31-26-27-33(34(28-31)53(49,50)51)52-32-23-20-19-21-24-32/h19-21,23-24,26-28,44H,5-18,22,25H2,1-4H3,(H,40,47)(H,49,50,51). The predicted molar refractivity (Wildman–Crippen MR) is 208 cm³/mol. The van der Waals surface area contributed by atoms with Crippen molar-refractivity contribution < 1.29 is 22.5 Å². The van der Waals surface area contributed by atoms with E-state index in [9.17, 15) is 22.6 Å². The van der Waals surface area contributed by atoms with Crippen LogP contribution in [0.5, 0.6) is 11.5 Å². The van der Waals surface area contributed by atoms with Gasteiger partial charge in [0.2, 0.25) is 5.91 Å². The number of hydrogen-bond donors (Lipinski definition) is 3. The zero-order valence-corrected chi connectivity index (χ0v) is 32.4. The molecule has 13 nitrogen and oxygen atoms in total. The van der Waals surface area contributed by atoms with Gasteiger partial charge in [0.15, 0.2) is 11.5 Å². The third-order valence-corrected chi connectivity index (χ3v) is 10.2. The number of aromatic amines is 1. The number of para-hydroxylation sites is 1. The fourth-order valence-corrected chi connectivity index (χ4v) is 6.83. The number of unbranched alkanes of at least 4 members (excludes halogenated alkanes) is 14. The van der Waals surface area contributed by atoms with E-state index < -0.39 is 20.6 Å². The molecule has 4 rings (SSSR count). The molecule has 288 valence electrons. The first-order valence-electron chi connectivity index (χ1n) is 18.9. The fraction of sp³-hybridized carbons (Fsp3) is 0.513. The van der Waals surface area contributed by atoms with Crippen molar-refractivity contribution in [1.29, 1.82) is 0 Å². The maximum absolute atomic E-state index is 13.8. The summed E-state index contributed by atoms with van der Waals surface area (Å²) in [4.78, 5) is 26.3. The molecule has 14 heteroatoms. The summed E-state index contributed by atoms with van der Waals surface area (Å²) >= 11 is 0. The van der Waals surface area contributed by atoms with Gasteiger partial charge in [-0.25, -0.2) is 4.68 Å². The van der Waals surface area contributed by atoms with E-state index in [1.807, 2.05) is 6.92 Å². The molecule has 0 atom stereocenters. The Morgan fingerprint density at radius 3 is 1.96 bits per heavy atom. The molecule has 0 unspecified atom stereocenters. The number of azo groups is 1. The molecule has 0 saturated carbocycles. The highest BCUT2D eigenvalue weighted by Gasteiger charge is 2.23. The molecule has 0 spiro atoms. The molecule has 0 aliphatic rings. The smallest absolute Gasteiger partial charge is 0.301 e. The van der Waals surface area contributed by atoms with Gasteiger partial charge in [-0.2, -0.15) is 13.5 Å². The van der Waals surface area contributed by atoms with Crippen LogP contribution in [0, 0.1) is 13.8 Å². The first-order chi connectivity index (χ1) is 25.5. The molecule has 4 aromatic rings. The molecule has 53 heavy (non-hydrogen) atoms. The lowest BCUT2D eigenvalue weighted by molar-refractivity contribution is -0.116. The van der Waals surface area contributed by atoms with Gasteiger partial charge < -0.3 is 10.1 Å². The highest BCUT2D eigenvalue weighted by Crippen LogP contribution is 2.32. The molecule has 2 aromatic carbocycles. The maximum Gasteiger partial charge on any atom is 0.301 e. The van der Waals surface area contributed by atoms with Gasteiger partial charge in [0.05, 0.1) is 17.1 Å². The first kappa shape index (κ1) is 41.2. The lowest BCUT2D eigenvalue weighted by Gasteiger charge is -2.11. The van der Waals surface area contributed by atoms with Gasteiger partial charge >= 0.3 is 5.56 Å². The van der Waals surface area contributed by atoms with Gasteiger partial charge in [0, 0.05) is 13.5 Å². The average Bonchev–Trinajstić information content (AvgIpc) is 3.56. The van der Waals surface area contributed by atoms with Crippen molar-refractivity contribution >= 4 is 33.2 Å². The molecule has 0 radical (unpaired) electrons. The number of nitrogens with one attached hydrogen (secondary N) is 2. The van der Waals surface area contributed by atoms with E-state index in [1.54, 1.807) is 49.0 Å². The lowest BCUT2D eigenvalue weighted by atomic mass is 10.0. The molecule has 0 bridgehead atoms. The SMILES string of the molecule is CCCCCCCCCCCCCCCCCC(=O)Nc1[nH]n(-c2ccc(Oc3ccccc3)c(S(=O)(=O)O)c2)c(=O)c1N=Nc1c(C)nn(C)c1C. The monoisotopic (exact) mass is 749 g/mol. The van der Waals surface area contributed by atoms with Crippen molar-refractivity contribution in [1.82, 2.24) is 19.6 Å². The molecule has 0 fully saturated rings. The number of hydrogen-bond acceptors (Lipinski definition) is 8. The Morgan fingerprint density at radius 1 is 0.849 bits per heavy atom. The van der Waals surface area contributed by atoms with E-state index in [0.717, 1.165) is 35.7 Å². The number of carbonyl (C=O) groups is 1. The zero-order valence-electron chi connectivity index (χ0n) is 31.6. The van der Waals surface area contributed by atoms with Crippen LogP contribution in [-0.4, -0.2) is 38.4 Å². The number of aryl methyl sites for hydroxylation is 2. The molecule has 3 N–H and O–H groups in total. The van der Waals surface area contributed by atoms with Gasteiger partial charge in [-0.05, 0) is 50.6 Å². The number of rotatable bonds is 23. The van der Waals surface area contributed by atoms with Crippen LogP contribution >= 0.6 is 0 Å².